The van der Waals surface area contributed by atoms with Crippen LogP contribution in [0, 0.1) is 5.92 Å². The van der Waals surface area contributed by atoms with Crippen molar-refractivity contribution in [3.8, 4) is 0 Å². The van der Waals surface area contributed by atoms with E-state index in [9.17, 15) is 4.79 Å². The Labute approximate surface area is 133 Å². The predicted octanol–water partition coefficient (Wildman–Crippen LogP) is 1.55. The number of carbonyl (C=O) groups is 1. The monoisotopic (exact) mass is 307 g/mol. The van der Waals surface area contributed by atoms with E-state index in [-0.39, 0.29) is 5.91 Å². The molecule has 2 N–H and O–H groups in total. The lowest BCUT2D eigenvalue weighted by Gasteiger charge is -2.31. The van der Waals surface area contributed by atoms with Crippen LogP contribution in [0.2, 0.25) is 0 Å². The lowest BCUT2D eigenvalue weighted by atomic mass is 9.93. The normalized spacial score (nSPS) is 16.8. The Morgan fingerprint density at radius 3 is 2.86 bits per heavy atom. The fraction of sp³-hybridized carbons (Fsp3) is 0.750. The molecule has 0 bridgehead atoms. The number of hydrogen-bond donors (Lipinski definition) is 2. The molecule has 1 aromatic heterocycles. The largest absolute Gasteiger partial charge is 0.320 e. The van der Waals surface area contributed by atoms with Gasteiger partial charge >= 0.3 is 0 Å². The van der Waals surface area contributed by atoms with Gasteiger partial charge in [0, 0.05) is 12.6 Å². The number of piperidine rings is 1. The summed E-state index contributed by atoms with van der Waals surface area (Å²) in [6, 6.07) is 1.86. The van der Waals surface area contributed by atoms with Gasteiger partial charge in [0.25, 0.3) is 0 Å². The Kier molecular flexibility index (Phi) is 6.86. The number of carbonyl (C=O) groups excluding carboxylic acids is 1. The standard InChI is InChI=1S/C16H29N5O/c1-3-10-21-15(5-9-18-21)19-16(22)13-20-11-6-14(7-12-20)4-8-17-2/h5,9,14,17H,3-4,6-8,10-13H2,1-2H3,(H,19,22). The van der Waals surface area contributed by atoms with Crippen LogP contribution in [-0.2, 0) is 11.3 Å². The van der Waals surface area contributed by atoms with Crippen LogP contribution in [0.5, 0.6) is 0 Å². The van der Waals surface area contributed by atoms with Crippen molar-refractivity contribution >= 4 is 11.7 Å². The summed E-state index contributed by atoms with van der Waals surface area (Å²) in [4.78, 5) is 14.4. The molecule has 0 unspecified atom stereocenters. The summed E-state index contributed by atoms with van der Waals surface area (Å²) in [7, 11) is 2.00. The Morgan fingerprint density at radius 2 is 2.18 bits per heavy atom. The van der Waals surface area contributed by atoms with E-state index in [1.165, 1.54) is 19.3 Å². The first-order valence-electron chi connectivity index (χ1n) is 8.41. The number of aromatic nitrogens is 2. The molecule has 1 aliphatic rings. The number of anilines is 1. The van der Waals surface area contributed by atoms with Crippen molar-refractivity contribution in [3.05, 3.63) is 12.3 Å². The quantitative estimate of drug-likeness (QED) is 0.765. The maximum absolute atomic E-state index is 12.2. The van der Waals surface area contributed by atoms with Crippen LogP contribution in [-0.4, -0.2) is 53.8 Å². The van der Waals surface area contributed by atoms with E-state index in [4.69, 9.17) is 0 Å². The van der Waals surface area contributed by atoms with Crippen LogP contribution in [0.4, 0.5) is 5.82 Å². The zero-order chi connectivity index (χ0) is 15.8. The topological polar surface area (TPSA) is 62.2 Å². The van der Waals surface area contributed by atoms with Crippen LogP contribution in [0.15, 0.2) is 12.3 Å². The first-order valence-corrected chi connectivity index (χ1v) is 8.41. The fourth-order valence-corrected chi connectivity index (χ4v) is 3.00. The molecule has 0 saturated carbocycles. The molecule has 1 saturated heterocycles. The van der Waals surface area contributed by atoms with E-state index in [0.717, 1.165) is 44.3 Å². The molecule has 0 radical (unpaired) electrons. The fourth-order valence-electron chi connectivity index (χ4n) is 3.00. The summed E-state index contributed by atoms with van der Waals surface area (Å²) in [5.74, 6) is 1.67. The maximum Gasteiger partial charge on any atom is 0.239 e. The predicted molar refractivity (Wildman–Crippen MR) is 88.9 cm³/mol. The van der Waals surface area contributed by atoms with Crippen LogP contribution in [0.25, 0.3) is 0 Å². The molecule has 0 aliphatic carbocycles. The van der Waals surface area contributed by atoms with Crippen molar-refractivity contribution in [2.75, 3.05) is 38.5 Å². The molecule has 2 heterocycles. The second-order valence-corrected chi connectivity index (χ2v) is 6.10. The molecule has 1 fully saturated rings. The number of aryl methyl sites for hydroxylation is 1. The van der Waals surface area contributed by atoms with Crippen molar-refractivity contribution in [1.29, 1.82) is 0 Å². The van der Waals surface area contributed by atoms with E-state index in [1.807, 2.05) is 17.8 Å². The van der Waals surface area contributed by atoms with Gasteiger partial charge < -0.3 is 10.6 Å². The minimum atomic E-state index is 0.0616. The smallest absolute Gasteiger partial charge is 0.239 e. The molecular weight excluding hydrogens is 278 g/mol. The number of nitrogens with one attached hydrogen (secondary N) is 2. The molecule has 0 atom stereocenters. The third-order valence-electron chi connectivity index (χ3n) is 4.30. The molecule has 1 aromatic rings. The lowest BCUT2D eigenvalue weighted by molar-refractivity contribution is -0.117. The molecule has 124 valence electrons. The highest BCUT2D eigenvalue weighted by atomic mass is 16.2. The van der Waals surface area contributed by atoms with Gasteiger partial charge in [-0.15, -0.1) is 0 Å². The highest BCUT2D eigenvalue weighted by Crippen LogP contribution is 2.19. The minimum Gasteiger partial charge on any atom is -0.320 e. The molecule has 0 spiro atoms. The number of amides is 1. The summed E-state index contributed by atoms with van der Waals surface area (Å²) in [5, 5.41) is 10.4. The van der Waals surface area contributed by atoms with Gasteiger partial charge in [-0.2, -0.15) is 5.10 Å². The summed E-state index contributed by atoms with van der Waals surface area (Å²) < 4.78 is 1.85. The van der Waals surface area contributed by atoms with Crippen LogP contribution < -0.4 is 10.6 Å². The van der Waals surface area contributed by atoms with Gasteiger partial charge in [0.05, 0.1) is 12.7 Å². The zero-order valence-electron chi connectivity index (χ0n) is 13.8. The van der Waals surface area contributed by atoms with Gasteiger partial charge in [-0.05, 0) is 58.3 Å². The van der Waals surface area contributed by atoms with Crippen molar-refractivity contribution in [1.82, 2.24) is 20.0 Å². The highest BCUT2D eigenvalue weighted by Gasteiger charge is 2.20. The molecule has 1 aliphatic heterocycles. The minimum absolute atomic E-state index is 0.0616. The Bertz CT molecular complexity index is 451. The van der Waals surface area contributed by atoms with Crippen LogP contribution in [0.1, 0.15) is 32.6 Å². The molecule has 6 heteroatoms. The second-order valence-electron chi connectivity index (χ2n) is 6.10. The molecule has 0 aromatic carbocycles. The molecule has 1 amide bonds. The Morgan fingerprint density at radius 1 is 1.41 bits per heavy atom. The van der Waals surface area contributed by atoms with Gasteiger partial charge in [-0.1, -0.05) is 6.92 Å². The lowest BCUT2D eigenvalue weighted by Crippen LogP contribution is -2.39. The van der Waals surface area contributed by atoms with E-state index in [1.54, 1.807) is 6.20 Å². The van der Waals surface area contributed by atoms with Crippen molar-refractivity contribution < 1.29 is 4.79 Å². The summed E-state index contributed by atoms with van der Waals surface area (Å²) in [5.41, 5.74) is 0. The Balaban J connectivity index is 1.73. The first kappa shape index (κ1) is 17.0. The van der Waals surface area contributed by atoms with E-state index in [2.05, 4.69) is 27.6 Å². The van der Waals surface area contributed by atoms with Gasteiger partial charge in [0.1, 0.15) is 5.82 Å². The SMILES string of the molecule is CCCn1nccc1NC(=O)CN1CCC(CCNC)CC1. The van der Waals surface area contributed by atoms with E-state index in [0.29, 0.717) is 6.54 Å². The van der Waals surface area contributed by atoms with Crippen molar-refractivity contribution in [2.45, 2.75) is 39.2 Å². The second kappa shape index (κ2) is 8.90. The molecular formula is C16H29N5O. The molecule has 2 rings (SSSR count). The first-order chi connectivity index (χ1) is 10.7. The number of rotatable bonds is 8. The van der Waals surface area contributed by atoms with Crippen molar-refractivity contribution in [3.63, 3.8) is 0 Å². The van der Waals surface area contributed by atoms with Crippen LogP contribution in [0.3, 0.4) is 0 Å². The van der Waals surface area contributed by atoms with E-state index >= 15 is 0 Å². The summed E-state index contributed by atoms with van der Waals surface area (Å²) in [6.07, 6.45) is 6.38. The third kappa shape index (κ3) is 5.10. The third-order valence-corrected chi connectivity index (χ3v) is 4.30. The average molecular weight is 307 g/mol. The van der Waals surface area contributed by atoms with Crippen LogP contribution >= 0.6 is 0 Å². The van der Waals surface area contributed by atoms with Gasteiger partial charge in [-0.25, -0.2) is 4.68 Å². The van der Waals surface area contributed by atoms with E-state index < -0.39 is 0 Å². The number of nitrogens with zero attached hydrogens (tertiary/aromatic N) is 3. The van der Waals surface area contributed by atoms with Gasteiger partial charge in [0.15, 0.2) is 0 Å². The number of hydrogen-bond acceptors (Lipinski definition) is 4. The summed E-state index contributed by atoms with van der Waals surface area (Å²) >= 11 is 0. The average Bonchev–Trinajstić information content (AvgIpc) is 2.94. The van der Waals surface area contributed by atoms with Gasteiger partial charge in [0.2, 0.25) is 5.91 Å². The maximum atomic E-state index is 12.2. The van der Waals surface area contributed by atoms with Crippen molar-refractivity contribution in [2.24, 2.45) is 5.92 Å². The number of likely N-dealkylation sites (tertiary alicyclic amines) is 1. The molecule has 6 nitrogen and oxygen atoms in total. The molecule has 22 heavy (non-hydrogen) atoms. The Hall–Kier alpha value is -1.40. The zero-order valence-corrected chi connectivity index (χ0v) is 13.8. The summed E-state index contributed by atoms with van der Waals surface area (Å²) in [6.45, 7) is 6.56. The van der Waals surface area contributed by atoms with Gasteiger partial charge in [-0.3, -0.25) is 9.69 Å². The highest BCUT2D eigenvalue weighted by molar-refractivity contribution is 5.91.